The molecule has 0 bridgehead atoms. The predicted octanol–water partition coefficient (Wildman–Crippen LogP) is 5.16. The van der Waals surface area contributed by atoms with Crippen molar-refractivity contribution in [2.24, 2.45) is 0 Å². The molecule has 0 aromatic heterocycles. The van der Waals surface area contributed by atoms with Crippen LogP contribution in [0.4, 0.5) is 5.69 Å². The number of ether oxygens (including phenoxy) is 1. The molecule has 0 saturated heterocycles. The van der Waals surface area contributed by atoms with Gasteiger partial charge in [0.2, 0.25) is 15.9 Å². The van der Waals surface area contributed by atoms with Crippen molar-refractivity contribution in [1.29, 1.82) is 0 Å². The fourth-order valence-corrected chi connectivity index (χ4v) is 4.83. The molecule has 0 N–H and O–H groups in total. The number of amides is 1. The smallest absolute Gasteiger partial charge is 0.243 e. The van der Waals surface area contributed by atoms with E-state index in [0.717, 1.165) is 9.87 Å². The lowest BCUT2D eigenvalue weighted by Crippen LogP contribution is -2.41. The largest absolute Gasteiger partial charge is 0.497 e. The minimum atomic E-state index is -3.97. The van der Waals surface area contributed by atoms with E-state index in [-0.39, 0.29) is 18.0 Å². The summed E-state index contributed by atoms with van der Waals surface area (Å²) in [7, 11) is -0.817. The Morgan fingerprint density at radius 3 is 2.15 bits per heavy atom. The molecular formula is C24H24Cl2N2O4S. The monoisotopic (exact) mass is 506 g/mol. The van der Waals surface area contributed by atoms with Crippen molar-refractivity contribution in [3.8, 4) is 5.75 Å². The maximum Gasteiger partial charge on any atom is 0.243 e. The standard InChI is InChI=1S/C24H24Cl2N2O4S/c1-17-4-11-21(12-5-17)33(30,31)28(15-18-6-13-22(25)23(26)14-18)16-24(29)27(2)19-7-9-20(32-3)10-8-19/h4-14H,15-16H2,1-3H3. The Bertz CT molecular complexity index is 1230. The minimum absolute atomic E-state index is 0.0463. The zero-order chi connectivity index (χ0) is 24.2. The number of nitrogens with zero attached hydrogens (tertiary/aromatic N) is 2. The summed E-state index contributed by atoms with van der Waals surface area (Å²) in [6.07, 6.45) is 0. The van der Waals surface area contributed by atoms with Gasteiger partial charge in [0, 0.05) is 19.3 Å². The van der Waals surface area contributed by atoms with Crippen LogP contribution in [0, 0.1) is 6.92 Å². The maximum atomic E-state index is 13.5. The highest BCUT2D eigenvalue weighted by atomic mass is 35.5. The molecule has 0 aliphatic carbocycles. The molecule has 1 amide bonds. The highest BCUT2D eigenvalue weighted by Crippen LogP contribution is 2.26. The normalized spacial score (nSPS) is 11.5. The molecule has 174 valence electrons. The first kappa shape index (κ1) is 25.1. The minimum Gasteiger partial charge on any atom is -0.497 e. The lowest BCUT2D eigenvalue weighted by Gasteiger charge is -2.25. The van der Waals surface area contributed by atoms with Crippen molar-refractivity contribution in [3.63, 3.8) is 0 Å². The van der Waals surface area contributed by atoms with Gasteiger partial charge in [0.1, 0.15) is 5.75 Å². The number of hydrogen-bond donors (Lipinski definition) is 0. The number of likely N-dealkylation sites (N-methyl/N-ethyl adjacent to an activating group) is 1. The molecule has 9 heteroatoms. The molecule has 0 radical (unpaired) electrons. The Balaban J connectivity index is 1.92. The number of methoxy groups -OCH3 is 1. The van der Waals surface area contributed by atoms with Gasteiger partial charge in [0.15, 0.2) is 0 Å². The number of halogens is 2. The fraction of sp³-hybridized carbons (Fsp3) is 0.208. The average Bonchev–Trinajstić information content (AvgIpc) is 2.80. The number of benzene rings is 3. The molecular weight excluding hydrogens is 483 g/mol. The van der Waals surface area contributed by atoms with Gasteiger partial charge >= 0.3 is 0 Å². The van der Waals surface area contributed by atoms with Gasteiger partial charge in [-0.3, -0.25) is 4.79 Å². The number of anilines is 1. The van der Waals surface area contributed by atoms with E-state index in [1.54, 1.807) is 68.8 Å². The third-order valence-electron chi connectivity index (χ3n) is 5.15. The van der Waals surface area contributed by atoms with Gasteiger partial charge < -0.3 is 9.64 Å². The van der Waals surface area contributed by atoms with Gasteiger partial charge in [0.05, 0.1) is 28.6 Å². The van der Waals surface area contributed by atoms with Crippen molar-refractivity contribution in [3.05, 3.63) is 87.9 Å². The number of aryl methyl sites for hydroxylation is 1. The molecule has 3 aromatic rings. The average molecular weight is 507 g/mol. The number of hydrogen-bond acceptors (Lipinski definition) is 4. The van der Waals surface area contributed by atoms with E-state index < -0.39 is 15.9 Å². The lowest BCUT2D eigenvalue weighted by molar-refractivity contribution is -0.118. The van der Waals surface area contributed by atoms with Crippen LogP contribution in [-0.4, -0.2) is 39.3 Å². The molecule has 3 rings (SSSR count). The summed E-state index contributed by atoms with van der Waals surface area (Å²) in [6, 6.07) is 18.3. The van der Waals surface area contributed by atoms with E-state index in [0.29, 0.717) is 27.0 Å². The van der Waals surface area contributed by atoms with Crippen LogP contribution >= 0.6 is 23.2 Å². The number of sulfonamides is 1. The molecule has 0 atom stereocenters. The van der Waals surface area contributed by atoms with Crippen molar-refractivity contribution >= 4 is 44.8 Å². The van der Waals surface area contributed by atoms with Gasteiger partial charge in [-0.05, 0) is 61.0 Å². The van der Waals surface area contributed by atoms with Crippen LogP contribution < -0.4 is 9.64 Å². The van der Waals surface area contributed by atoms with E-state index in [2.05, 4.69) is 0 Å². The highest BCUT2D eigenvalue weighted by molar-refractivity contribution is 7.89. The SMILES string of the molecule is COc1ccc(N(C)C(=O)CN(Cc2ccc(Cl)c(Cl)c2)S(=O)(=O)c2ccc(C)cc2)cc1. The van der Waals surface area contributed by atoms with E-state index >= 15 is 0 Å². The number of carbonyl (C=O) groups is 1. The second kappa shape index (κ2) is 10.6. The zero-order valence-corrected chi connectivity index (χ0v) is 20.8. The third kappa shape index (κ3) is 6.06. The fourth-order valence-electron chi connectivity index (χ4n) is 3.13. The maximum absolute atomic E-state index is 13.5. The van der Waals surface area contributed by atoms with E-state index in [9.17, 15) is 13.2 Å². The van der Waals surface area contributed by atoms with Gasteiger partial charge in [-0.2, -0.15) is 4.31 Å². The van der Waals surface area contributed by atoms with Crippen LogP contribution in [-0.2, 0) is 21.4 Å². The quantitative estimate of drug-likeness (QED) is 0.422. The molecule has 0 spiro atoms. The summed E-state index contributed by atoms with van der Waals surface area (Å²) in [5.74, 6) is 0.263. The highest BCUT2D eigenvalue weighted by Gasteiger charge is 2.28. The van der Waals surface area contributed by atoms with Crippen molar-refractivity contribution in [1.82, 2.24) is 4.31 Å². The van der Waals surface area contributed by atoms with Crippen LogP contribution in [0.25, 0.3) is 0 Å². The molecule has 0 heterocycles. The van der Waals surface area contributed by atoms with E-state index in [4.69, 9.17) is 27.9 Å². The van der Waals surface area contributed by atoms with Gasteiger partial charge in [-0.25, -0.2) is 8.42 Å². The molecule has 0 unspecified atom stereocenters. The Labute approximate surface area is 204 Å². The van der Waals surface area contributed by atoms with E-state index in [1.807, 2.05) is 6.92 Å². The first-order chi connectivity index (χ1) is 15.6. The van der Waals surface area contributed by atoms with Crippen LogP contribution in [0.3, 0.4) is 0 Å². The summed E-state index contributed by atoms with van der Waals surface area (Å²) < 4.78 is 33.2. The first-order valence-corrected chi connectivity index (χ1v) is 12.2. The number of rotatable bonds is 8. The molecule has 0 saturated carbocycles. The Hall–Kier alpha value is -2.58. The van der Waals surface area contributed by atoms with E-state index in [1.165, 1.54) is 17.0 Å². The summed E-state index contributed by atoms with van der Waals surface area (Å²) in [4.78, 5) is 14.6. The molecule has 0 fully saturated rings. The molecule has 0 aliphatic rings. The van der Waals surface area contributed by atoms with Crippen molar-refractivity contribution in [2.45, 2.75) is 18.4 Å². The molecule has 33 heavy (non-hydrogen) atoms. The van der Waals surface area contributed by atoms with Crippen LogP contribution in [0.2, 0.25) is 10.0 Å². The van der Waals surface area contributed by atoms with Crippen LogP contribution in [0.15, 0.2) is 71.6 Å². The summed E-state index contributed by atoms with van der Waals surface area (Å²) >= 11 is 12.1. The van der Waals surface area contributed by atoms with Crippen molar-refractivity contribution in [2.75, 3.05) is 25.6 Å². The zero-order valence-electron chi connectivity index (χ0n) is 18.5. The third-order valence-corrected chi connectivity index (χ3v) is 7.69. The Morgan fingerprint density at radius 2 is 1.58 bits per heavy atom. The first-order valence-electron chi connectivity index (χ1n) is 10.0. The summed E-state index contributed by atoms with van der Waals surface area (Å²) in [5, 5.41) is 0.673. The summed E-state index contributed by atoms with van der Waals surface area (Å²) in [6.45, 7) is 1.46. The molecule has 6 nitrogen and oxygen atoms in total. The molecule has 3 aromatic carbocycles. The topological polar surface area (TPSA) is 66.9 Å². The van der Waals surface area contributed by atoms with Crippen LogP contribution in [0.5, 0.6) is 5.75 Å². The predicted molar refractivity (Wildman–Crippen MR) is 132 cm³/mol. The number of carbonyl (C=O) groups excluding carboxylic acids is 1. The van der Waals surface area contributed by atoms with Crippen LogP contribution in [0.1, 0.15) is 11.1 Å². The Morgan fingerprint density at radius 1 is 0.939 bits per heavy atom. The lowest BCUT2D eigenvalue weighted by atomic mass is 10.2. The Kier molecular flexibility index (Phi) is 8.02. The van der Waals surface area contributed by atoms with Gasteiger partial charge in [-0.15, -0.1) is 0 Å². The molecule has 0 aliphatic heterocycles. The van der Waals surface area contributed by atoms with Gasteiger partial charge in [0.25, 0.3) is 0 Å². The summed E-state index contributed by atoms with van der Waals surface area (Å²) in [5.41, 5.74) is 2.16. The second-order valence-corrected chi connectivity index (χ2v) is 10.2. The second-order valence-electron chi connectivity index (χ2n) is 7.49. The van der Waals surface area contributed by atoms with Crippen molar-refractivity contribution < 1.29 is 17.9 Å². The van der Waals surface area contributed by atoms with Gasteiger partial charge in [-0.1, -0.05) is 47.0 Å².